The third-order valence-electron chi connectivity index (χ3n) is 11.9. The highest BCUT2D eigenvalue weighted by Gasteiger charge is 2.64. The number of likely N-dealkylation sites (tertiary alicyclic amines) is 1. The molecule has 7 rings (SSSR count). The van der Waals surface area contributed by atoms with Crippen molar-refractivity contribution in [2.45, 2.75) is 96.9 Å². The minimum atomic E-state index is -1.00. The van der Waals surface area contributed by atoms with Crippen LogP contribution in [-0.4, -0.2) is 88.2 Å². The molecule has 1 unspecified atom stereocenters. The largest absolute Gasteiger partial charge is 0.490 e. The third kappa shape index (κ3) is 7.98. The molecule has 1 aromatic heterocycles. The minimum Gasteiger partial charge on any atom is -0.490 e. The van der Waals surface area contributed by atoms with Gasteiger partial charge < -0.3 is 19.7 Å². The SMILES string of the molecule is [C-]#[N+]c1ccc(OC2C(C)(C)C(NC(=O)c3ccc(CCCCN4CCC(Oc5ccc6c(c5)C(=O)N(C5CCC(=O)NC5=O)C6=O)CC4)nc3)C2(C)C)cc1Cl. The lowest BCUT2D eigenvalue weighted by molar-refractivity contribution is -0.164. The van der Waals surface area contributed by atoms with E-state index in [0.717, 1.165) is 62.3 Å². The van der Waals surface area contributed by atoms with E-state index in [9.17, 15) is 24.0 Å². The summed E-state index contributed by atoms with van der Waals surface area (Å²) < 4.78 is 12.6. The number of aryl methyl sites for hydroxylation is 1. The van der Waals surface area contributed by atoms with Gasteiger partial charge in [-0.25, -0.2) is 4.85 Å². The Kier molecular flexibility index (Phi) is 11.1. The number of imide groups is 2. The molecule has 4 heterocycles. The van der Waals surface area contributed by atoms with Crippen molar-refractivity contribution in [1.82, 2.24) is 25.4 Å². The molecule has 1 atom stereocenters. The molecular weight excluding hydrogens is 748 g/mol. The van der Waals surface area contributed by atoms with E-state index in [1.54, 1.807) is 42.6 Å². The monoisotopic (exact) mass is 794 g/mol. The molecule has 3 fully saturated rings. The number of carbonyl (C=O) groups is 5. The van der Waals surface area contributed by atoms with Crippen molar-refractivity contribution in [3.05, 3.63) is 93.6 Å². The summed E-state index contributed by atoms with van der Waals surface area (Å²) in [5.74, 6) is -1.19. The first-order valence-corrected chi connectivity index (χ1v) is 19.9. The number of pyridine rings is 1. The maximum absolute atomic E-state index is 13.3. The van der Waals surface area contributed by atoms with Crippen LogP contribution in [0.25, 0.3) is 4.85 Å². The fourth-order valence-corrected chi connectivity index (χ4v) is 9.33. The molecule has 14 heteroatoms. The summed E-state index contributed by atoms with van der Waals surface area (Å²) in [5.41, 5.74) is 1.54. The number of carbonyl (C=O) groups excluding carboxylic acids is 5. The number of ether oxygens (including phenoxy) is 2. The van der Waals surface area contributed by atoms with Crippen molar-refractivity contribution < 1.29 is 33.4 Å². The van der Waals surface area contributed by atoms with Gasteiger partial charge in [0.1, 0.15) is 29.7 Å². The highest BCUT2D eigenvalue weighted by molar-refractivity contribution is 6.33. The number of benzene rings is 2. The summed E-state index contributed by atoms with van der Waals surface area (Å²) in [6.07, 6.45) is 6.05. The fourth-order valence-electron chi connectivity index (χ4n) is 9.12. The molecule has 1 saturated carbocycles. The van der Waals surface area contributed by atoms with Crippen molar-refractivity contribution >= 4 is 46.8 Å². The molecule has 0 radical (unpaired) electrons. The molecule has 3 aromatic rings. The van der Waals surface area contributed by atoms with Gasteiger partial charge in [-0.2, -0.15) is 0 Å². The molecular formula is C43H47ClN6O7. The van der Waals surface area contributed by atoms with Crippen molar-refractivity contribution in [3.63, 3.8) is 0 Å². The molecule has 57 heavy (non-hydrogen) atoms. The van der Waals surface area contributed by atoms with E-state index < -0.39 is 29.7 Å². The number of nitrogens with zero attached hydrogens (tertiary/aromatic N) is 4. The van der Waals surface area contributed by atoms with Crippen LogP contribution in [0.1, 0.15) is 103 Å². The second-order valence-corrected chi connectivity index (χ2v) is 17.0. The first-order valence-electron chi connectivity index (χ1n) is 19.5. The van der Waals surface area contributed by atoms with Gasteiger partial charge in [-0.3, -0.25) is 39.2 Å². The Morgan fingerprint density at radius 2 is 1.63 bits per heavy atom. The standard InChI is InChI=1S/C43H47ClN6O7/c1-42(2)40(43(3,4)41(42)57-29-12-14-33(45-5)32(44)23-29)48-36(52)25-9-10-26(46-24-25)8-6-7-19-49-20-17-27(18-21-49)56-28-11-13-30-31(22-28)39(55)50(38(30)54)34-15-16-35(51)47-37(34)53/h9-14,22-24,27,34,40-41H,6-8,15-21H2,1-4H3,(H,48,52)(H,47,51,53). The molecule has 0 spiro atoms. The van der Waals surface area contributed by atoms with Gasteiger partial charge in [0, 0.05) is 48.3 Å². The number of nitrogens with one attached hydrogen (secondary N) is 2. The van der Waals surface area contributed by atoms with E-state index in [0.29, 0.717) is 27.8 Å². The molecule has 5 amide bonds. The van der Waals surface area contributed by atoms with Gasteiger partial charge in [0.05, 0.1) is 28.3 Å². The average Bonchev–Trinajstić information content (AvgIpc) is 3.43. The van der Waals surface area contributed by atoms with Gasteiger partial charge in [-0.05, 0) is 87.5 Å². The lowest BCUT2D eigenvalue weighted by Crippen LogP contribution is -2.74. The van der Waals surface area contributed by atoms with Crippen molar-refractivity contribution in [2.75, 3.05) is 19.6 Å². The minimum absolute atomic E-state index is 0.0248. The Labute approximate surface area is 337 Å². The summed E-state index contributed by atoms with van der Waals surface area (Å²) in [4.78, 5) is 74.8. The topological polar surface area (TPSA) is 152 Å². The van der Waals surface area contributed by atoms with Crippen LogP contribution in [0.2, 0.25) is 5.02 Å². The van der Waals surface area contributed by atoms with Crippen molar-refractivity contribution in [3.8, 4) is 11.5 Å². The predicted molar refractivity (Wildman–Crippen MR) is 211 cm³/mol. The molecule has 4 aliphatic rings. The van der Waals surface area contributed by atoms with Crippen LogP contribution < -0.4 is 20.1 Å². The Bertz CT molecular complexity index is 2120. The van der Waals surface area contributed by atoms with Crippen LogP contribution in [0.4, 0.5) is 5.69 Å². The van der Waals surface area contributed by atoms with Crippen LogP contribution in [0, 0.1) is 17.4 Å². The smallest absolute Gasteiger partial charge is 0.262 e. The van der Waals surface area contributed by atoms with E-state index in [2.05, 4.69) is 53.1 Å². The molecule has 3 aliphatic heterocycles. The van der Waals surface area contributed by atoms with Gasteiger partial charge in [0.2, 0.25) is 17.5 Å². The van der Waals surface area contributed by atoms with Gasteiger partial charge in [-0.1, -0.05) is 45.4 Å². The first kappa shape index (κ1) is 39.9. The van der Waals surface area contributed by atoms with Crippen LogP contribution in [0.3, 0.4) is 0 Å². The quantitative estimate of drug-likeness (QED) is 0.125. The van der Waals surface area contributed by atoms with E-state index in [4.69, 9.17) is 27.6 Å². The Balaban J connectivity index is 0.821. The van der Waals surface area contributed by atoms with Gasteiger partial charge >= 0.3 is 0 Å². The molecule has 2 aromatic carbocycles. The van der Waals surface area contributed by atoms with E-state index in [-0.39, 0.29) is 59.0 Å². The Morgan fingerprint density at radius 1 is 0.930 bits per heavy atom. The highest BCUT2D eigenvalue weighted by atomic mass is 35.5. The summed E-state index contributed by atoms with van der Waals surface area (Å²) in [7, 11) is 0. The molecule has 13 nitrogen and oxygen atoms in total. The van der Waals surface area contributed by atoms with Crippen LogP contribution in [0.15, 0.2) is 54.7 Å². The average molecular weight is 795 g/mol. The second kappa shape index (κ2) is 15.9. The number of aromatic nitrogens is 1. The van der Waals surface area contributed by atoms with E-state index in [1.165, 1.54) is 0 Å². The summed E-state index contributed by atoms with van der Waals surface area (Å²) in [6.45, 7) is 18.2. The zero-order valence-corrected chi connectivity index (χ0v) is 33.4. The summed E-state index contributed by atoms with van der Waals surface area (Å²) in [6, 6.07) is 12.5. The normalized spacial score (nSPS) is 22.9. The Hall–Kier alpha value is -5.32. The number of hydrogen-bond donors (Lipinski definition) is 2. The maximum Gasteiger partial charge on any atom is 0.262 e. The number of fused-ring (bicyclic) bond motifs is 1. The van der Waals surface area contributed by atoms with Crippen LogP contribution in [-0.2, 0) is 16.0 Å². The molecule has 298 valence electrons. The molecule has 0 bridgehead atoms. The lowest BCUT2D eigenvalue weighted by Gasteiger charge is -2.63. The second-order valence-electron chi connectivity index (χ2n) is 16.6. The third-order valence-corrected chi connectivity index (χ3v) is 12.2. The van der Waals surface area contributed by atoms with Gasteiger partial charge in [0.15, 0.2) is 0 Å². The number of halogens is 1. The highest BCUT2D eigenvalue weighted by Crippen LogP contribution is 2.55. The Morgan fingerprint density at radius 3 is 2.30 bits per heavy atom. The van der Waals surface area contributed by atoms with Crippen molar-refractivity contribution in [2.24, 2.45) is 10.8 Å². The van der Waals surface area contributed by atoms with Crippen molar-refractivity contribution in [1.29, 1.82) is 0 Å². The first-order chi connectivity index (χ1) is 27.2. The lowest BCUT2D eigenvalue weighted by atomic mass is 9.49. The van der Waals surface area contributed by atoms with Gasteiger partial charge in [0.25, 0.3) is 17.7 Å². The zero-order chi connectivity index (χ0) is 40.6. The number of piperidine rings is 2. The molecule has 1 aliphatic carbocycles. The maximum atomic E-state index is 13.3. The van der Waals surface area contributed by atoms with E-state index in [1.807, 2.05) is 12.1 Å². The summed E-state index contributed by atoms with van der Waals surface area (Å²) >= 11 is 6.24. The van der Waals surface area contributed by atoms with Crippen LogP contribution >= 0.6 is 11.6 Å². The zero-order valence-electron chi connectivity index (χ0n) is 32.6. The fraction of sp³-hybridized carbons (Fsp3) is 0.465. The number of amides is 5. The van der Waals surface area contributed by atoms with Crippen LogP contribution in [0.5, 0.6) is 11.5 Å². The van der Waals surface area contributed by atoms with Gasteiger partial charge in [-0.15, -0.1) is 0 Å². The molecule has 2 N–H and O–H groups in total. The van der Waals surface area contributed by atoms with E-state index >= 15 is 0 Å². The molecule has 2 saturated heterocycles. The number of hydrogen-bond acceptors (Lipinski definition) is 9. The predicted octanol–water partition coefficient (Wildman–Crippen LogP) is 6.17. The number of rotatable bonds is 12. The number of unbranched alkanes of at least 4 members (excludes halogenated alkanes) is 1. The summed E-state index contributed by atoms with van der Waals surface area (Å²) in [5, 5.41) is 5.79.